The Morgan fingerprint density at radius 1 is 1.26 bits per heavy atom. The van der Waals surface area contributed by atoms with Gasteiger partial charge in [-0.05, 0) is 30.0 Å². The van der Waals surface area contributed by atoms with E-state index in [1.807, 2.05) is 48.7 Å². The molecule has 0 unspecified atom stereocenters. The number of thioether (sulfide) groups is 1. The average Bonchev–Trinajstić information content (AvgIpc) is 3.24. The smallest absolute Gasteiger partial charge is 0.277 e. The molecule has 118 valence electrons. The van der Waals surface area contributed by atoms with Gasteiger partial charge in [0.15, 0.2) is 5.78 Å². The molecule has 0 bridgehead atoms. The van der Waals surface area contributed by atoms with Gasteiger partial charge in [-0.1, -0.05) is 36.0 Å². The first-order valence-electron chi connectivity index (χ1n) is 7.04. The number of nitrogens with zero attached hydrogens (tertiary/aromatic N) is 2. The van der Waals surface area contributed by atoms with Crippen LogP contribution in [-0.2, 0) is 6.54 Å². The maximum absolute atomic E-state index is 11.9. The van der Waals surface area contributed by atoms with Crippen LogP contribution in [0.5, 0.6) is 0 Å². The lowest BCUT2D eigenvalue weighted by atomic mass is 10.2. The zero-order valence-corrected chi connectivity index (χ0v) is 14.1. The maximum Gasteiger partial charge on any atom is 0.277 e. The van der Waals surface area contributed by atoms with Gasteiger partial charge < -0.3 is 9.73 Å². The lowest BCUT2D eigenvalue weighted by Crippen LogP contribution is -2.01. The molecule has 1 N–H and O–H groups in total. The Bertz CT molecular complexity index is 784. The number of ketones is 1. The van der Waals surface area contributed by atoms with Gasteiger partial charge in [-0.2, -0.15) is 0 Å². The Labute approximate surface area is 142 Å². The van der Waals surface area contributed by atoms with Crippen LogP contribution in [0.2, 0.25) is 0 Å². The van der Waals surface area contributed by atoms with Crippen LogP contribution in [0.4, 0.5) is 5.69 Å². The monoisotopic (exact) mass is 345 g/mol. The second kappa shape index (κ2) is 7.43. The van der Waals surface area contributed by atoms with E-state index < -0.39 is 0 Å². The Morgan fingerprint density at radius 2 is 2.13 bits per heavy atom. The number of thiophene rings is 1. The molecule has 2 heterocycles. The molecule has 2 aromatic heterocycles. The Morgan fingerprint density at radius 3 is 2.91 bits per heavy atom. The van der Waals surface area contributed by atoms with Crippen molar-refractivity contribution >= 4 is 34.6 Å². The van der Waals surface area contributed by atoms with E-state index in [0.29, 0.717) is 23.4 Å². The molecule has 5 nitrogen and oxygen atoms in total. The number of carbonyl (C=O) groups excluding carboxylic acids is 1. The van der Waals surface area contributed by atoms with E-state index in [0.717, 1.165) is 16.1 Å². The summed E-state index contributed by atoms with van der Waals surface area (Å²) in [6.45, 7) is 2.49. The standard InChI is InChI=1S/C16H15N3O2S2/c1-11-5-2-3-6-12(11)17-9-15-18-19-16(21-15)23-10-13(20)14-7-4-8-22-14/h2-8,17H,9-10H2,1H3. The minimum Gasteiger partial charge on any atom is -0.414 e. The van der Waals surface area contributed by atoms with Crippen LogP contribution in [0.15, 0.2) is 51.4 Å². The van der Waals surface area contributed by atoms with Crippen LogP contribution < -0.4 is 5.32 Å². The highest BCUT2D eigenvalue weighted by atomic mass is 32.2. The Balaban J connectivity index is 1.52. The fourth-order valence-electron chi connectivity index (χ4n) is 1.95. The molecule has 0 atom stereocenters. The summed E-state index contributed by atoms with van der Waals surface area (Å²) in [5.74, 6) is 0.870. The van der Waals surface area contributed by atoms with Gasteiger partial charge >= 0.3 is 0 Å². The summed E-state index contributed by atoms with van der Waals surface area (Å²) < 4.78 is 5.54. The topological polar surface area (TPSA) is 68.0 Å². The molecular weight excluding hydrogens is 330 g/mol. The van der Waals surface area contributed by atoms with Gasteiger partial charge in [-0.25, -0.2) is 0 Å². The molecule has 0 saturated carbocycles. The lowest BCUT2D eigenvalue weighted by molar-refractivity contribution is 0.102. The Hall–Kier alpha value is -2.12. The van der Waals surface area contributed by atoms with Crippen molar-refractivity contribution in [2.24, 2.45) is 0 Å². The molecule has 0 fully saturated rings. The van der Waals surface area contributed by atoms with Crippen LogP contribution in [0.25, 0.3) is 0 Å². The molecule has 0 aliphatic rings. The molecule has 0 aliphatic heterocycles. The minimum atomic E-state index is 0.0720. The van der Waals surface area contributed by atoms with Crippen molar-refractivity contribution in [3.8, 4) is 0 Å². The van der Waals surface area contributed by atoms with E-state index in [1.165, 1.54) is 23.1 Å². The highest BCUT2D eigenvalue weighted by molar-refractivity contribution is 7.99. The van der Waals surface area contributed by atoms with Gasteiger partial charge in [0.05, 0.1) is 17.2 Å². The summed E-state index contributed by atoms with van der Waals surface area (Å²) in [6, 6.07) is 11.7. The molecule has 7 heteroatoms. The number of carbonyl (C=O) groups is 1. The van der Waals surface area contributed by atoms with Crippen molar-refractivity contribution in [2.45, 2.75) is 18.7 Å². The van der Waals surface area contributed by atoms with Crippen LogP contribution in [0.3, 0.4) is 0 Å². The van der Waals surface area contributed by atoms with Gasteiger partial charge in [0.2, 0.25) is 5.89 Å². The predicted octanol–water partition coefficient (Wildman–Crippen LogP) is 4.03. The van der Waals surface area contributed by atoms with Crippen LogP contribution in [0, 0.1) is 6.92 Å². The van der Waals surface area contributed by atoms with Crippen molar-refractivity contribution in [3.05, 3.63) is 58.1 Å². The minimum absolute atomic E-state index is 0.0720. The largest absolute Gasteiger partial charge is 0.414 e. The highest BCUT2D eigenvalue weighted by Crippen LogP contribution is 2.20. The molecule has 0 radical (unpaired) electrons. The number of rotatable bonds is 7. The normalized spacial score (nSPS) is 10.7. The number of Topliss-reactive ketones (excluding diaryl/α,β-unsaturated/α-hetero) is 1. The zero-order chi connectivity index (χ0) is 16.1. The van der Waals surface area contributed by atoms with E-state index in [4.69, 9.17) is 4.42 Å². The number of hydrogen-bond donors (Lipinski definition) is 1. The van der Waals surface area contributed by atoms with Crippen LogP contribution >= 0.6 is 23.1 Å². The molecule has 0 amide bonds. The first-order valence-corrected chi connectivity index (χ1v) is 8.90. The number of para-hydroxylation sites is 1. The number of benzene rings is 1. The molecule has 3 aromatic rings. The number of nitrogens with one attached hydrogen (secondary N) is 1. The van der Waals surface area contributed by atoms with Crippen molar-refractivity contribution in [1.82, 2.24) is 10.2 Å². The summed E-state index contributed by atoms with van der Waals surface area (Å²) >= 11 is 2.70. The molecule has 0 saturated heterocycles. The fourth-order valence-corrected chi connectivity index (χ4v) is 3.37. The highest BCUT2D eigenvalue weighted by Gasteiger charge is 2.12. The molecule has 3 rings (SSSR count). The van der Waals surface area contributed by atoms with Crippen molar-refractivity contribution < 1.29 is 9.21 Å². The SMILES string of the molecule is Cc1ccccc1NCc1nnc(SCC(=O)c2cccs2)o1. The van der Waals surface area contributed by atoms with Crippen molar-refractivity contribution in [1.29, 1.82) is 0 Å². The third-order valence-corrected chi connectivity index (χ3v) is 4.88. The molecule has 0 spiro atoms. The van der Waals surface area contributed by atoms with Gasteiger partial charge in [0.1, 0.15) is 0 Å². The number of anilines is 1. The van der Waals surface area contributed by atoms with Crippen LogP contribution in [0.1, 0.15) is 21.1 Å². The summed E-state index contributed by atoms with van der Waals surface area (Å²) in [6.07, 6.45) is 0. The molecule has 0 aliphatic carbocycles. The summed E-state index contributed by atoms with van der Waals surface area (Å²) in [7, 11) is 0. The van der Waals surface area contributed by atoms with Crippen molar-refractivity contribution in [3.63, 3.8) is 0 Å². The molecular formula is C16H15N3O2S2. The first kappa shape index (κ1) is 15.8. The van der Waals surface area contributed by atoms with Gasteiger partial charge in [0, 0.05) is 5.69 Å². The second-order valence-corrected chi connectivity index (χ2v) is 6.69. The third kappa shape index (κ3) is 4.20. The summed E-state index contributed by atoms with van der Waals surface area (Å²) in [4.78, 5) is 12.7. The van der Waals surface area contributed by atoms with E-state index in [2.05, 4.69) is 15.5 Å². The van der Waals surface area contributed by atoms with Gasteiger partial charge in [-0.15, -0.1) is 21.5 Å². The van der Waals surface area contributed by atoms with E-state index in [-0.39, 0.29) is 5.78 Å². The zero-order valence-electron chi connectivity index (χ0n) is 12.5. The average molecular weight is 345 g/mol. The van der Waals surface area contributed by atoms with Gasteiger partial charge in [0.25, 0.3) is 5.22 Å². The van der Waals surface area contributed by atoms with Crippen molar-refractivity contribution in [2.75, 3.05) is 11.1 Å². The molecule has 23 heavy (non-hydrogen) atoms. The van der Waals surface area contributed by atoms with Crippen LogP contribution in [-0.4, -0.2) is 21.7 Å². The fraction of sp³-hybridized carbons (Fsp3) is 0.188. The quantitative estimate of drug-likeness (QED) is 0.515. The first-order chi connectivity index (χ1) is 11.2. The lowest BCUT2D eigenvalue weighted by Gasteiger charge is -2.06. The van der Waals surface area contributed by atoms with E-state index in [9.17, 15) is 4.79 Å². The van der Waals surface area contributed by atoms with E-state index in [1.54, 1.807) is 0 Å². The van der Waals surface area contributed by atoms with Gasteiger partial charge in [-0.3, -0.25) is 4.79 Å². The predicted molar refractivity (Wildman–Crippen MR) is 92.2 cm³/mol. The van der Waals surface area contributed by atoms with E-state index >= 15 is 0 Å². The number of hydrogen-bond acceptors (Lipinski definition) is 7. The second-order valence-electron chi connectivity index (χ2n) is 4.82. The number of aromatic nitrogens is 2. The third-order valence-electron chi connectivity index (χ3n) is 3.15. The number of aryl methyl sites for hydroxylation is 1. The summed E-state index contributed by atoms with van der Waals surface area (Å²) in [5, 5.41) is 13.5. The maximum atomic E-state index is 11.9. The summed E-state index contributed by atoms with van der Waals surface area (Å²) in [5.41, 5.74) is 2.19. The molecule has 1 aromatic carbocycles. The Kier molecular flexibility index (Phi) is 5.09.